The van der Waals surface area contributed by atoms with Crippen LogP contribution in [-0.4, -0.2) is 58.7 Å². The fraction of sp³-hybridized carbons (Fsp3) is 0.467. The Morgan fingerprint density at radius 1 is 1.11 bits per heavy atom. The normalized spacial score (nSPS) is 23.0. The molecule has 37 heavy (non-hydrogen) atoms. The van der Waals surface area contributed by atoms with E-state index < -0.39 is 6.04 Å². The molecule has 4 atom stereocenters. The summed E-state index contributed by atoms with van der Waals surface area (Å²) in [6, 6.07) is 15.2. The molecular formula is C30H37Cl2N3O2. The number of amides is 1. The number of Topliss-reactive ketones (excluding diaryl/α,β-unsaturated/α-hetero) is 1. The topological polar surface area (TPSA) is 66.6 Å². The molecule has 2 aliphatic heterocycles. The van der Waals surface area contributed by atoms with E-state index in [2.05, 4.69) is 35.7 Å². The van der Waals surface area contributed by atoms with E-state index in [4.69, 9.17) is 28.9 Å². The number of nitrogens with two attached hydrogens (primary N) is 1. The molecule has 5 nitrogen and oxygen atoms in total. The summed E-state index contributed by atoms with van der Waals surface area (Å²) in [7, 11) is 0. The second-order valence-corrected chi connectivity index (χ2v) is 11.5. The number of halogens is 2. The van der Waals surface area contributed by atoms with Gasteiger partial charge < -0.3 is 10.6 Å². The number of hydrogen-bond donors (Lipinski definition) is 1. The van der Waals surface area contributed by atoms with Gasteiger partial charge in [-0.25, -0.2) is 0 Å². The van der Waals surface area contributed by atoms with E-state index >= 15 is 0 Å². The van der Waals surface area contributed by atoms with E-state index in [-0.39, 0.29) is 29.8 Å². The monoisotopic (exact) mass is 541 g/mol. The van der Waals surface area contributed by atoms with Crippen LogP contribution in [0.5, 0.6) is 0 Å². The fourth-order valence-corrected chi connectivity index (χ4v) is 6.38. The van der Waals surface area contributed by atoms with Gasteiger partial charge in [-0.15, -0.1) is 6.58 Å². The maximum Gasteiger partial charge on any atom is 0.240 e. The first-order chi connectivity index (χ1) is 17.7. The highest BCUT2D eigenvalue weighted by Crippen LogP contribution is 2.31. The van der Waals surface area contributed by atoms with Crippen molar-refractivity contribution in [1.82, 2.24) is 9.80 Å². The molecule has 2 fully saturated rings. The lowest BCUT2D eigenvalue weighted by molar-refractivity contribution is -0.142. The molecule has 198 valence electrons. The zero-order valence-electron chi connectivity index (χ0n) is 21.5. The predicted molar refractivity (Wildman–Crippen MR) is 151 cm³/mol. The fourth-order valence-electron chi connectivity index (χ4n) is 5.81. The van der Waals surface area contributed by atoms with E-state index in [1.165, 1.54) is 5.56 Å². The van der Waals surface area contributed by atoms with Gasteiger partial charge in [-0.2, -0.15) is 0 Å². The molecule has 2 heterocycles. The van der Waals surface area contributed by atoms with Crippen LogP contribution in [0.3, 0.4) is 0 Å². The van der Waals surface area contributed by atoms with Crippen molar-refractivity contribution in [2.75, 3.05) is 13.1 Å². The molecule has 0 aromatic heterocycles. The highest BCUT2D eigenvalue weighted by Gasteiger charge is 2.45. The van der Waals surface area contributed by atoms with Crippen molar-refractivity contribution < 1.29 is 9.59 Å². The third kappa shape index (κ3) is 7.23. The Labute approximate surface area is 230 Å². The molecule has 2 aromatic rings. The van der Waals surface area contributed by atoms with Crippen molar-refractivity contribution in [1.29, 1.82) is 0 Å². The smallest absolute Gasteiger partial charge is 0.240 e. The number of aryl methyl sites for hydroxylation is 2. The van der Waals surface area contributed by atoms with Crippen LogP contribution in [0.25, 0.3) is 0 Å². The first-order valence-corrected chi connectivity index (χ1v) is 13.9. The summed E-state index contributed by atoms with van der Waals surface area (Å²) in [5.74, 6) is 0.0737. The highest BCUT2D eigenvalue weighted by atomic mass is 35.5. The van der Waals surface area contributed by atoms with Crippen molar-refractivity contribution in [3.8, 4) is 0 Å². The summed E-state index contributed by atoms with van der Waals surface area (Å²) in [6.45, 7) is 7.26. The summed E-state index contributed by atoms with van der Waals surface area (Å²) in [5.41, 5.74) is 9.46. The van der Waals surface area contributed by atoms with Gasteiger partial charge in [-0.3, -0.25) is 14.5 Å². The van der Waals surface area contributed by atoms with Crippen molar-refractivity contribution in [2.24, 2.45) is 5.73 Å². The molecule has 4 rings (SSSR count). The van der Waals surface area contributed by atoms with Crippen LogP contribution in [0.1, 0.15) is 50.2 Å². The van der Waals surface area contributed by atoms with E-state index in [1.807, 2.05) is 30.0 Å². The molecule has 2 aromatic carbocycles. The molecular weight excluding hydrogens is 505 g/mol. The number of rotatable bonds is 10. The van der Waals surface area contributed by atoms with Gasteiger partial charge in [0.05, 0.1) is 12.1 Å². The minimum absolute atomic E-state index is 0.0283. The Bertz CT molecular complexity index is 1100. The molecule has 0 aliphatic carbocycles. The Hall–Kier alpha value is -2.18. The van der Waals surface area contributed by atoms with E-state index in [9.17, 15) is 9.59 Å². The first kappa shape index (κ1) is 27.8. The van der Waals surface area contributed by atoms with Crippen LogP contribution in [-0.2, 0) is 22.4 Å². The van der Waals surface area contributed by atoms with E-state index in [0.717, 1.165) is 36.9 Å². The zero-order chi connectivity index (χ0) is 26.5. The molecule has 1 amide bonds. The summed E-state index contributed by atoms with van der Waals surface area (Å²) in [4.78, 5) is 31.6. The molecule has 2 N–H and O–H groups in total. The lowest BCUT2D eigenvalue weighted by atomic mass is 9.96. The maximum absolute atomic E-state index is 13.9. The number of carbonyl (C=O) groups excluding carboxylic acids is 2. The Balaban J connectivity index is 1.51. The van der Waals surface area contributed by atoms with Gasteiger partial charge in [0.25, 0.3) is 0 Å². The molecule has 0 saturated carbocycles. The van der Waals surface area contributed by atoms with Gasteiger partial charge in [0.15, 0.2) is 5.78 Å². The lowest BCUT2D eigenvalue weighted by Crippen LogP contribution is -2.50. The zero-order valence-corrected chi connectivity index (χ0v) is 23.1. The molecule has 1 unspecified atom stereocenters. The predicted octanol–water partition coefficient (Wildman–Crippen LogP) is 5.47. The Morgan fingerprint density at radius 3 is 2.49 bits per heavy atom. The van der Waals surface area contributed by atoms with Gasteiger partial charge >= 0.3 is 0 Å². The standard InChI is InChI=1S/C30H37Cl2N3O2/c1-20(2)14-27(29(36)11-9-22-15-23(31)17-24(32)16-22)34-13-12-26(10-8-21-6-4-3-5-7-21)35-19-25(33)18-28(35)30(34)37/h3-7,15-17,25-28H,1,8-14,18-19,33H2,2H3/t25-,26?,27-,28+/m1/s1. The summed E-state index contributed by atoms with van der Waals surface area (Å²) >= 11 is 12.3. The lowest BCUT2D eigenvalue weighted by Gasteiger charge is -2.32. The minimum Gasteiger partial charge on any atom is -0.331 e. The molecule has 7 heteroatoms. The third-order valence-corrected chi connectivity index (χ3v) is 8.03. The average molecular weight is 543 g/mol. The van der Waals surface area contributed by atoms with E-state index in [1.54, 1.807) is 6.07 Å². The van der Waals surface area contributed by atoms with Gasteiger partial charge in [0, 0.05) is 41.6 Å². The summed E-state index contributed by atoms with van der Waals surface area (Å²) in [5, 5.41) is 1.10. The van der Waals surface area contributed by atoms with Crippen LogP contribution in [0.15, 0.2) is 60.7 Å². The number of hydrogen-bond acceptors (Lipinski definition) is 4. The first-order valence-electron chi connectivity index (χ1n) is 13.2. The van der Waals surface area contributed by atoms with Crippen molar-refractivity contribution >= 4 is 34.9 Å². The highest BCUT2D eigenvalue weighted by molar-refractivity contribution is 6.34. The molecule has 0 radical (unpaired) electrons. The van der Waals surface area contributed by atoms with Crippen LogP contribution in [0, 0.1) is 0 Å². The van der Waals surface area contributed by atoms with Crippen LogP contribution in [0.4, 0.5) is 0 Å². The van der Waals surface area contributed by atoms with Crippen molar-refractivity contribution in [3.63, 3.8) is 0 Å². The molecule has 2 saturated heterocycles. The molecule has 0 spiro atoms. The van der Waals surface area contributed by atoms with Crippen LogP contribution >= 0.6 is 23.2 Å². The SMILES string of the molecule is C=C(C)C[C@H](C(=O)CCc1cc(Cl)cc(Cl)c1)N1CCC(CCc2ccccc2)N2C[C@H](N)C[C@H]2C1=O. The Morgan fingerprint density at radius 2 is 1.81 bits per heavy atom. The van der Waals surface area contributed by atoms with E-state index in [0.29, 0.717) is 42.3 Å². The van der Waals surface area contributed by atoms with Gasteiger partial charge in [-0.05, 0) is 74.8 Å². The number of nitrogens with zero attached hydrogens (tertiary/aromatic N) is 2. The average Bonchev–Trinajstić information content (AvgIpc) is 3.19. The van der Waals surface area contributed by atoms with Crippen LogP contribution in [0.2, 0.25) is 10.0 Å². The largest absolute Gasteiger partial charge is 0.331 e. The van der Waals surface area contributed by atoms with Gasteiger partial charge in [-0.1, -0.05) is 59.1 Å². The quantitative estimate of drug-likeness (QED) is 0.405. The molecule has 2 aliphatic rings. The number of fused-ring (bicyclic) bond motifs is 1. The summed E-state index contributed by atoms with van der Waals surface area (Å²) < 4.78 is 0. The number of carbonyl (C=O) groups is 2. The van der Waals surface area contributed by atoms with Gasteiger partial charge in [0.2, 0.25) is 5.91 Å². The Kier molecular flexibility index (Phi) is 9.46. The summed E-state index contributed by atoms with van der Waals surface area (Å²) in [6.07, 6.45) is 4.67. The second kappa shape index (κ2) is 12.6. The second-order valence-electron chi connectivity index (χ2n) is 10.6. The van der Waals surface area contributed by atoms with Crippen LogP contribution < -0.4 is 5.73 Å². The van der Waals surface area contributed by atoms with Crippen molar-refractivity contribution in [2.45, 2.75) is 76.0 Å². The number of benzene rings is 2. The third-order valence-electron chi connectivity index (χ3n) is 7.59. The molecule has 0 bridgehead atoms. The van der Waals surface area contributed by atoms with Crippen molar-refractivity contribution in [3.05, 3.63) is 81.9 Å². The maximum atomic E-state index is 13.9. The van der Waals surface area contributed by atoms with Gasteiger partial charge in [0.1, 0.15) is 0 Å². The minimum atomic E-state index is -0.522. The number of ketones is 1.